The van der Waals surface area contributed by atoms with Crippen LogP contribution in [0.25, 0.3) is 0 Å². The number of nitrogens with two attached hydrogens (primary N) is 1. The molecule has 0 atom stereocenters. The third-order valence-electron chi connectivity index (χ3n) is 2.06. The average molecular weight is 336 g/mol. The molecule has 18 heavy (non-hydrogen) atoms. The fourth-order valence-corrected chi connectivity index (χ4v) is 2.17. The standard InChI is InChI=1S/C11H14BrNO4S/c1-7(2)17-11-4-3-8(18(13,15)16)5-9(11)10(14)6-12/h3-5,7H,6H2,1-2H3,(H2,13,15,16). The molecule has 2 N–H and O–H groups in total. The van der Waals surface area contributed by atoms with Crippen LogP contribution in [0.15, 0.2) is 23.1 Å². The van der Waals surface area contributed by atoms with Gasteiger partial charge in [0.15, 0.2) is 5.78 Å². The molecule has 0 saturated carbocycles. The maximum absolute atomic E-state index is 11.7. The first-order valence-corrected chi connectivity index (χ1v) is 7.85. The number of sulfonamides is 1. The highest BCUT2D eigenvalue weighted by molar-refractivity contribution is 9.09. The van der Waals surface area contributed by atoms with Crippen molar-refractivity contribution in [3.63, 3.8) is 0 Å². The van der Waals surface area contributed by atoms with Crippen molar-refractivity contribution in [1.82, 2.24) is 0 Å². The molecule has 0 aliphatic carbocycles. The second-order valence-corrected chi connectivity index (χ2v) is 6.05. The summed E-state index contributed by atoms with van der Waals surface area (Å²) in [6.45, 7) is 3.63. The zero-order valence-electron chi connectivity index (χ0n) is 10.0. The summed E-state index contributed by atoms with van der Waals surface area (Å²) in [7, 11) is -3.84. The van der Waals surface area contributed by atoms with Crippen molar-refractivity contribution in [3.05, 3.63) is 23.8 Å². The van der Waals surface area contributed by atoms with Crippen LogP contribution in [0.2, 0.25) is 0 Å². The molecule has 1 aromatic rings. The van der Waals surface area contributed by atoms with Gasteiger partial charge >= 0.3 is 0 Å². The Hall–Kier alpha value is -0.920. The number of rotatable bonds is 5. The summed E-state index contributed by atoms with van der Waals surface area (Å²) in [5.41, 5.74) is 0.201. The minimum atomic E-state index is -3.84. The highest BCUT2D eigenvalue weighted by Gasteiger charge is 2.17. The largest absolute Gasteiger partial charge is 0.490 e. The van der Waals surface area contributed by atoms with E-state index in [0.29, 0.717) is 5.75 Å². The molecule has 1 rings (SSSR count). The van der Waals surface area contributed by atoms with E-state index < -0.39 is 10.0 Å². The molecule has 5 nitrogen and oxygen atoms in total. The van der Waals surface area contributed by atoms with E-state index in [1.165, 1.54) is 18.2 Å². The van der Waals surface area contributed by atoms with Crippen LogP contribution in [0.3, 0.4) is 0 Å². The average Bonchev–Trinajstić information content (AvgIpc) is 2.26. The van der Waals surface area contributed by atoms with Gasteiger partial charge in [0.05, 0.1) is 21.9 Å². The molecule has 0 fully saturated rings. The summed E-state index contributed by atoms with van der Waals surface area (Å²) < 4.78 is 27.9. The zero-order chi connectivity index (χ0) is 13.9. The van der Waals surface area contributed by atoms with E-state index in [2.05, 4.69) is 15.9 Å². The summed E-state index contributed by atoms with van der Waals surface area (Å²) in [4.78, 5) is 11.6. The van der Waals surface area contributed by atoms with Gasteiger partial charge < -0.3 is 4.74 Å². The van der Waals surface area contributed by atoms with E-state index in [1.54, 1.807) is 0 Å². The highest BCUT2D eigenvalue weighted by atomic mass is 79.9. The Morgan fingerprint density at radius 1 is 1.44 bits per heavy atom. The van der Waals surface area contributed by atoms with E-state index in [4.69, 9.17) is 9.88 Å². The van der Waals surface area contributed by atoms with Crippen molar-refractivity contribution in [2.24, 2.45) is 5.14 Å². The number of hydrogen-bond acceptors (Lipinski definition) is 4. The van der Waals surface area contributed by atoms with Gasteiger partial charge in [0, 0.05) is 0 Å². The van der Waals surface area contributed by atoms with Gasteiger partial charge in [0.1, 0.15) is 5.75 Å². The first kappa shape index (κ1) is 15.1. The van der Waals surface area contributed by atoms with Gasteiger partial charge in [-0.15, -0.1) is 0 Å². The van der Waals surface area contributed by atoms with Gasteiger partial charge in [-0.25, -0.2) is 13.6 Å². The molecule has 1 aromatic carbocycles. The number of carbonyl (C=O) groups is 1. The number of hydrogen-bond donors (Lipinski definition) is 1. The van der Waals surface area contributed by atoms with Crippen LogP contribution in [-0.2, 0) is 10.0 Å². The van der Waals surface area contributed by atoms with Crippen LogP contribution < -0.4 is 9.88 Å². The summed E-state index contributed by atoms with van der Waals surface area (Å²) >= 11 is 3.04. The van der Waals surface area contributed by atoms with E-state index in [9.17, 15) is 13.2 Å². The lowest BCUT2D eigenvalue weighted by atomic mass is 10.1. The Balaban J connectivity index is 3.34. The van der Waals surface area contributed by atoms with Crippen LogP contribution in [0.5, 0.6) is 5.75 Å². The Labute approximate surface area is 114 Å². The lowest BCUT2D eigenvalue weighted by Crippen LogP contribution is -2.15. The number of primary sulfonamides is 1. The van der Waals surface area contributed by atoms with Crippen molar-refractivity contribution >= 4 is 31.7 Å². The minimum Gasteiger partial charge on any atom is -0.490 e. The van der Waals surface area contributed by atoms with Gasteiger partial charge in [-0.2, -0.15) is 0 Å². The Morgan fingerprint density at radius 2 is 2.06 bits per heavy atom. The smallest absolute Gasteiger partial charge is 0.238 e. The van der Waals surface area contributed by atoms with E-state index >= 15 is 0 Å². The summed E-state index contributed by atoms with van der Waals surface area (Å²) in [5, 5.41) is 5.11. The Kier molecular flexibility index (Phi) is 4.89. The summed E-state index contributed by atoms with van der Waals surface area (Å²) in [6, 6.07) is 3.99. The lowest BCUT2D eigenvalue weighted by molar-refractivity contribution is 0.101. The molecule has 0 heterocycles. The fraction of sp³-hybridized carbons (Fsp3) is 0.364. The second-order valence-electron chi connectivity index (χ2n) is 3.93. The Bertz CT molecular complexity index is 554. The molecular weight excluding hydrogens is 322 g/mol. The number of ketones is 1. The van der Waals surface area contributed by atoms with Gasteiger partial charge in [-0.3, -0.25) is 4.79 Å². The molecule has 0 saturated heterocycles. The van der Waals surface area contributed by atoms with E-state index in [0.717, 1.165) is 0 Å². The Morgan fingerprint density at radius 3 is 2.50 bits per heavy atom. The van der Waals surface area contributed by atoms with Crippen molar-refractivity contribution in [2.45, 2.75) is 24.8 Å². The maximum atomic E-state index is 11.7. The van der Waals surface area contributed by atoms with Crippen LogP contribution in [0.4, 0.5) is 0 Å². The second kappa shape index (κ2) is 5.81. The third-order valence-corrected chi connectivity index (χ3v) is 3.48. The fourth-order valence-electron chi connectivity index (χ4n) is 1.33. The van der Waals surface area contributed by atoms with Gasteiger partial charge in [0.2, 0.25) is 10.0 Å². The number of carbonyl (C=O) groups excluding carboxylic acids is 1. The number of benzene rings is 1. The number of alkyl halides is 1. The normalized spacial score (nSPS) is 11.6. The third kappa shape index (κ3) is 3.79. The van der Waals surface area contributed by atoms with Gasteiger partial charge in [-0.1, -0.05) is 15.9 Å². The SMILES string of the molecule is CC(C)Oc1ccc(S(N)(=O)=O)cc1C(=O)CBr. The topological polar surface area (TPSA) is 86.5 Å². The first-order valence-electron chi connectivity index (χ1n) is 5.18. The number of ether oxygens (including phenoxy) is 1. The number of Topliss-reactive ketones (excluding diaryl/α,β-unsaturated/α-hetero) is 1. The maximum Gasteiger partial charge on any atom is 0.238 e. The molecule has 0 unspecified atom stereocenters. The highest BCUT2D eigenvalue weighted by Crippen LogP contribution is 2.24. The molecule has 0 bridgehead atoms. The van der Waals surface area contributed by atoms with Crippen molar-refractivity contribution in [2.75, 3.05) is 5.33 Å². The predicted molar refractivity (Wildman–Crippen MR) is 71.7 cm³/mol. The van der Waals surface area contributed by atoms with Crippen molar-refractivity contribution in [1.29, 1.82) is 0 Å². The molecule has 0 aromatic heterocycles. The van der Waals surface area contributed by atoms with Crippen molar-refractivity contribution < 1.29 is 17.9 Å². The van der Waals surface area contributed by atoms with E-state index in [1.807, 2.05) is 13.8 Å². The lowest BCUT2D eigenvalue weighted by Gasteiger charge is -2.14. The summed E-state index contributed by atoms with van der Waals surface area (Å²) in [5.74, 6) is 0.0815. The van der Waals surface area contributed by atoms with Gasteiger partial charge in [-0.05, 0) is 32.0 Å². The number of halogens is 1. The van der Waals surface area contributed by atoms with Crippen LogP contribution >= 0.6 is 15.9 Å². The van der Waals surface area contributed by atoms with Crippen LogP contribution in [0.1, 0.15) is 24.2 Å². The predicted octanol–water partition coefficient (Wildman–Crippen LogP) is 1.70. The first-order chi connectivity index (χ1) is 8.25. The molecule has 0 aliphatic heterocycles. The molecule has 100 valence electrons. The molecule has 0 spiro atoms. The van der Waals surface area contributed by atoms with E-state index in [-0.39, 0.29) is 27.7 Å². The molecule has 7 heteroatoms. The minimum absolute atomic E-state index is 0.0789. The molecule has 0 aliphatic rings. The van der Waals surface area contributed by atoms with Crippen LogP contribution in [0, 0.1) is 0 Å². The molecule has 0 amide bonds. The summed E-state index contributed by atoms with van der Waals surface area (Å²) in [6.07, 6.45) is -0.118. The zero-order valence-corrected chi connectivity index (χ0v) is 12.4. The molecule has 0 radical (unpaired) electrons. The van der Waals surface area contributed by atoms with Gasteiger partial charge in [0.25, 0.3) is 0 Å². The van der Waals surface area contributed by atoms with Crippen LogP contribution in [-0.4, -0.2) is 25.6 Å². The quantitative estimate of drug-likeness (QED) is 0.655. The monoisotopic (exact) mass is 335 g/mol. The molecular formula is C11H14BrNO4S. The van der Waals surface area contributed by atoms with Crippen molar-refractivity contribution in [3.8, 4) is 5.75 Å².